The molecule has 0 atom stereocenters. The molecule has 0 radical (unpaired) electrons. The Morgan fingerprint density at radius 3 is 2.14 bits per heavy atom. The van der Waals surface area contributed by atoms with Crippen LogP contribution >= 0.6 is 0 Å². The molecule has 44 heavy (non-hydrogen) atoms. The zero-order chi connectivity index (χ0) is 30.0. The first-order valence-electron chi connectivity index (χ1n) is 14.8. The molecule has 7 rings (SSSR count). The number of nitrogens with zero attached hydrogens (tertiary/aromatic N) is 1. The van der Waals surface area contributed by atoms with Crippen LogP contribution in [0, 0.1) is 6.92 Å². The third-order valence-electron chi connectivity index (χ3n) is 8.16. The maximum atomic E-state index is 14.0. The molecule has 7 heteroatoms. The fraction of sp³-hybridized carbons (Fsp3) is 0.189. The van der Waals surface area contributed by atoms with Crippen LogP contribution in [0.2, 0.25) is 0 Å². The van der Waals surface area contributed by atoms with Crippen molar-refractivity contribution in [2.24, 2.45) is 0 Å². The molecule has 0 spiro atoms. The van der Waals surface area contributed by atoms with Gasteiger partial charge in [-0.05, 0) is 48.9 Å². The summed E-state index contributed by atoms with van der Waals surface area (Å²) in [6.45, 7) is 6.58. The van der Waals surface area contributed by atoms with E-state index in [0.29, 0.717) is 45.6 Å². The molecule has 2 aromatic heterocycles. The van der Waals surface area contributed by atoms with Gasteiger partial charge in [0.05, 0.1) is 18.6 Å². The van der Waals surface area contributed by atoms with Gasteiger partial charge in [0.15, 0.2) is 11.5 Å². The van der Waals surface area contributed by atoms with Gasteiger partial charge in [-0.3, -0.25) is 14.5 Å². The second-order valence-electron chi connectivity index (χ2n) is 10.9. The van der Waals surface area contributed by atoms with E-state index in [0.717, 1.165) is 49.4 Å². The van der Waals surface area contributed by atoms with Crippen molar-refractivity contribution in [3.63, 3.8) is 0 Å². The number of morpholine rings is 1. The van der Waals surface area contributed by atoms with E-state index in [9.17, 15) is 9.59 Å². The van der Waals surface area contributed by atoms with Crippen LogP contribution in [0.25, 0.3) is 33.1 Å². The maximum Gasteiger partial charge on any atom is 0.228 e. The summed E-state index contributed by atoms with van der Waals surface area (Å²) in [5, 5.41) is 1.46. The zero-order valence-electron chi connectivity index (χ0n) is 24.4. The molecule has 1 aliphatic heterocycles. The topological polar surface area (TPSA) is 82.1 Å². The molecular weight excluding hydrogens is 554 g/mol. The lowest BCUT2D eigenvalue weighted by Crippen LogP contribution is -2.38. The number of carbonyl (C=O) groups excluding carboxylic acids is 2. The van der Waals surface area contributed by atoms with E-state index >= 15 is 0 Å². The van der Waals surface area contributed by atoms with Crippen LogP contribution in [0.4, 0.5) is 0 Å². The smallest absolute Gasteiger partial charge is 0.228 e. The fourth-order valence-electron chi connectivity index (χ4n) is 5.79. The number of furan rings is 2. The Morgan fingerprint density at radius 2 is 1.41 bits per heavy atom. The highest BCUT2D eigenvalue weighted by molar-refractivity contribution is 6.21. The van der Waals surface area contributed by atoms with E-state index in [2.05, 4.69) is 4.90 Å². The van der Waals surface area contributed by atoms with Gasteiger partial charge in [-0.25, -0.2) is 0 Å². The Kier molecular flexibility index (Phi) is 7.56. The highest BCUT2D eigenvalue weighted by Gasteiger charge is 2.28. The van der Waals surface area contributed by atoms with E-state index in [1.54, 1.807) is 24.3 Å². The number of hydrogen-bond acceptors (Lipinski definition) is 7. The highest BCUT2D eigenvalue weighted by atomic mass is 16.5. The Bertz CT molecular complexity index is 1950. The van der Waals surface area contributed by atoms with Crippen LogP contribution in [0.5, 0.6) is 5.75 Å². The lowest BCUT2D eigenvalue weighted by atomic mass is 9.96. The quantitative estimate of drug-likeness (QED) is 0.164. The van der Waals surface area contributed by atoms with Crippen molar-refractivity contribution in [1.29, 1.82) is 0 Å². The molecule has 7 nitrogen and oxygen atoms in total. The summed E-state index contributed by atoms with van der Waals surface area (Å²) in [7, 11) is 0. The highest BCUT2D eigenvalue weighted by Crippen LogP contribution is 2.42. The minimum absolute atomic E-state index is 0.194. The Hall–Kier alpha value is -4.98. The van der Waals surface area contributed by atoms with Gasteiger partial charge in [0.25, 0.3) is 0 Å². The van der Waals surface area contributed by atoms with Crippen LogP contribution in [0.1, 0.15) is 37.8 Å². The van der Waals surface area contributed by atoms with E-state index in [1.807, 2.05) is 79.7 Å². The van der Waals surface area contributed by atoms with Gasteiger partial charge in [-0.15, -0.1) is 0 Å². The first kappa shape index (κ1) is 27.8. The SMILES string of the molecule is Cc1c(C(=O)c2ccccc2)oc2c1ccc1oc(C(=O)c3ccc(OCCN4CCOCC4)cc3)c(-c3ccccc3)c12. The fourth-order valence-corrected chi connectivity index (χ4v) is 5.79. The summed E-state index contributed by atoms with van der Waals surface area (Å²) in [4.78, 5) is 29.7. The zero-order valence-corrected chi connectivity index (χ0v) is 24.4. The Balaban J connectivity index is 1.25. The predicted octanol–water partition coefficient (Wildman–Crippen LogP) is 7.33. The minimum Gasteiger partial charge on any atom is -0.492 e. The summed E-state index contributed by atoms with van der Waals surface area (Å²) in [6.07, 6.45) is 0. The molecule has 220 valence electrons. The van der Waals surface area contributed by atoms with E-state index in [1.165, 1.54) is 0 Å². The Labute approximate surface area is 254 Å². The van der Waals surface area contributed by atoms with Gasteiger partial charge in [0.2, 0.25) is 11.6 Å². The normalized spacial score (nSPS) is 13.8. The molecule has 1 aliphatic rings. The number of aryl methyl sites for hydroxylation is 1. The van der Waals surface area contributed by atoms with Crippen LogP contribution in [-0.4, -0.2) is 55.9 Å². The van der Waals surface area contributed by atoms with Crippen LogP contribution in [-0.2, 0) is 4.74 Å². The molecule has 0 unspecified atom stereocenters. The number of ketones is 2. The summed E-state index contributed by atoms with van der Waals surface area (Å²) in [5.74, 6) is 0.740. The number of rotatable bonds is 9. The summed E-state index contributed by atoms with van der Waals surface area (Å²) in [6, 6.07) is 29.6. The van der Waals surface area contributed by atoms with Crippen molar-refractivity contribution in [2.75, 3.05) is 39.5 Å². The molecule has 6 aromatic rings. The van der Waals surface area contributed by atoms with Crippen LogP contribution < -0.4 is 4.74 Å². The Morgan fingerprint density at radius 1 is 0.750 bits per heavy atom. The van der Waals surface area contributed by atoms with Crippen LogP contribution in [0.3, 0.4) is 0 Å². The van der Waals surface area contributed by atoms with Gasteiger partial charge in [0, 0.05) is 47.3 Å². The van der Waals surface area contributed by atoms with Crippen molar-refractivity contribution in [2.45, 2.75) is 6.92 Å². The lowest BCUT2D eigenvalue weighted by molar-refractivity contribution is 0.0322. The van der Waals surface area contributed by atoms with Crippen molar-refractivity contribution in [3.8, 4) is 16.9 Å². The first-order valence-corrected chi connectivity index (χ1v) is 14.8. The summed E-state index contributed by atoms with van der Waals surface area (Å²) >= 11 is 0. The lowest BCUT2D eigenvalue weighted by Gasteiger charge is -2.26. The third kappa shape index (κ3) is 5.21. The molecule has 0 aliphatic carbocycles. The van der Waals surface area contributed by atoms with Crippen molar-refractivity contribution >= 4 is 33.5 Å². The maximum absolute atomic E-state index is 14.0. The largest absolute Gasteiger partial charge is 0.492 e. The van der Waals surface area contributed by atoms with Gasteiger partial charge >= 0.3 is 0 Å². The molecule has 1 fully saturated rings. The average molecular weight is 586 g/mol. The second-order valence-corrected chi connectivity index (χ2v) is 10.9. The standard InChI is InChI=1S/C37H31NO6/c1-24-29-16-17-30-32(36(29)44-35(24)33(39)26-10-6-3-7-11-26)31(25-8-4-2-5-9-25)37(43-30)34(40)27-12-14-28(15-13-27)42-23-20-38-18-21-41-22-19-38/h2-17H,18-23H2,1H3. The molecule has 0 bridgehead atoms. The predicted molar refractivity (Wildman–Crippen MR) is 169 cm³/mol. The van der Waals surface area contributed by atoms with Crippen molar-refractivity contribution in [1.82, 2.24) is 4.90 Å². The van der Waals surface area contributed by atoms with Crippen molar-refractivity contribution in [3.05, 3.63) is 125 Å². The average Bonchev–Trinajstić information content (AvgIpc) is 3.64. The number of hydrogen-bond donors (Lipinski definition) is 0. The minimum atomic E-state index is -0.253. The summed E-state index contributed by atoms with van der Waals surface area (Å²) in [5.41, 5.74) is 4.25. The van der Waals surface area contributed by atoms with Gasteiger partial charge in [0.1, 0.15) is 23.5 Å². The van der Waals surface area contributed by atoms with E-state index < -0.39 is 0 Å². The second kappa shape index (κ2) is 12.0. The molecular formula is C37H31NO6. The molecule has 3 heterocycles. The summed E-state index contributed by atoms with van der Waals surface area (Å²) < 4.78 is 24.0. The van der Waals surface area contributed by atoms with Gasteiger partial charge < -0.3 is 18.3 Å². The molecule has 0 amide bonds. The van der Waals surface area contributed by atoms with Crippen LogP contribution in [0.15, 0.2) is 106 Å². The number of carbonyl (C=O) groups is 2. The van der Waals surface area contributed by atoms with Gasteiger partial charge in [-0.2, -0.15) is 0 Å². The molecule has 4 aromatic carbocycles. The molecule has 1 saturated heterocycles. The first-order chi connectivity index (χ1) is 21.6. The van der Waals surface area contributed by atoms with E-state index in [-0.39, 0.29) is 23.1 Å². The number of fused-ring (bicyclic) bond motifs is 3. The number of ether oxygens (including phenoxy) is 2. The van der Waals surface area contributed by atoms with Gasteiger partial charge in [-0.1, -0.05) is 60.7 Å². The van der Waals surface area contributed by atoms with Crippen molar-refractivity contribution < 1.29 is 27.9 Å². The number of benzene rings is 4. The molecule has 0 N–H and O–H groups in total. The van der Waals surface area contributed by atoms with E-state index in [4.69, 9.17) is 18.3 Å². The molecule has 0 saturated carbocycles. The monoisotopic (exact) mass is 585 g/mol. The third-order valence-corrected chi connectivity index (χ3v) is 8.16.